The molecule has 0 saturated heterocycles. The second kappa shape index (κ2) is 10.4. The zero-order valence-electron chi connectivity index (χ0n) is 28.2. The van der Waals surface area contributed by atoms with E-state index in [1.165, 1.54) is 38.9 Å². The van der Waals surface area contributed by atoms with Crippen LogP contribution in [0.2, 0.25) is 0 Å². The van der Waals surface area contributed by atoms with E-state index >= 15 is 0 Å². The Bertz CT molecular complexity index is 2770. The summed E-state index contributed by atoms with van der Waals surface area (Å²) in [6, 6.07) is 50.8. The molecule has 0 bridgehead atoms. The molecule has 0 radical (unpaired) electrons. The average molecular weight is 643 g/mol. The van der Waals surface area contributed by atoms with E-state index in [9.17, 15) is 0 Å². The Labute approximate surface area is 290 Å². The fourth-order valence-corrected chi connectivity index (χ4v) is 8.39. The molecule has 0 atom stereocenters. The number of hydrogen-bond acceptors (Lipinski definition) is 3. The van der Waals surface area contributed by atoms with E-state index in [4.69, 9.17) is 15.0 Å². The molecule has 0 aliphatic heterocycles. The molecule has 0 unspecified atom stereocenters. The minimum absolute atomic E-state index is 0.0208. The van der Waals surface area contributed by atoms with E-state index < -0.39 is 5.41 Å². The fraction of sp³-hybridized carbons (Fsp3) is 0.109. The minimum Gasteiger partial charge on any atom is -0.290 e. The molecule has 0 fully saturated rings. The summed E-state index contributed by atoms with van der Waals surface area (Å²) in [6.07, 6.45) is 3.83. The van der Waals surface area contributed by atoms with Crippen molar-refractivity contribution in [2.24, 2.45) is 0 Å². The van der Waals surface area contributed by atoms with E-state index in [-0.39, 0.29) is 5.41 Å². The molecule has 1 aliphatic carbocycles. The lowest BCUT2D eigenvalue weighted by molar-refractivity contribution is 0.589. The van der Waals surface area contributed by atoms with Gasteiger partial charge in [0.25, 0.3) is 0 Å². The third-order valence-electron chi connectivity index (χ3n) is 10.7. The van der Waals surface area contributed by atoms with Gasteiger partial charge in [0.05, 0.1) is 33.2 Å². The summed E-state index contributed by atoms with van der Waals surface area (Å²) in [5, 5.41) is 2.18. The van der Waals surface area contributed by atoms with Crippen LogP contribution in [0.15, 0.2) is 152 Å². The van der Waals surface area contributed by atoms with Crippen molar-refractivity contribution in [1.82, 2.24) is 19.4 Å². The second-order valence-corrected chi connectivity index (χ2v) is 14.5. The van der Waals surface area contributed by atoms with Crippen molar-refractivity contribution in [3.8, 4) is 22.4 Å². The van der Waals surface area contributed by atoms with Crippen molar-refractivity contribution < 1.29 is 0 Å². The van der Waals surface area contributed by atoms with E-state index in [1.54, 1.807) is 0 Å². The fourth-order valence-electron chi connectivity index (χ4n) is 8.39. The Balaban J connectivity index is 1.32. The van der Waals surface area contributed by atoms with Gasteiger partial charge < -0.3 is 0 Å². The van der Waals surface area contributed by atoms with Crippen LogP contribution in [0.4, 0.5) is 0 Å². The first kappa shape index (κ1) is 28.8. The summed E-state index contributed by atoms with van der Waals surface area (Å²) in [5.74, 6) is 0. The number of nitrogens with zero attached hydrogens (tertiary/aromatic N) is 4. The third-order valence-corrected chi connectivity index (χ3v) is 10.7. The predicted molar refractivity (Wildman–Crippen MR) is 205 cm³/mol. The van der Waals surface area contributed by atoms with Crippen molar-refractivity contribution in [3.63, 3.8) is 0 Å². The van der Waals surface area contributed by atoms with E-state index in [0.717, 1.165) is 49.7 Å². The van der Waals surface area contributed by atoms with E-state index in [1.807, 2.05) is 18.5 Å². The van der Waals surface area contributed by atoms with Crippen molar-refractivity contribution in [1.29, 1.82) is 0 Å². The van der Waals surface area contributed by atoms with Crippen molar-refractivity contribution in [3.05, 3.63) is 180 Å². The Morgan fingerprint density at radius 1 is 0.560 bits per heavy atom. The molecule has 5 aromatic carbocycles. The van der Waals surface area contributed by atoms with Crippen LogP contribution in [0.25, 0.3) is 60.9 Å². The SMILES string of the molecule is CC(C)(C)c1ccnc(-c2cccc(C3(c4ccc5c(c4)c4nc6ccccc6n4c4cccnc54)c4ccccc4-c4ccccc43)c2)c1. The number of aromatic nitrogens is 4. The summed E-state index contributed by atoms with van der Waals surface area (Å²) in [4.78, 5) is 15.1. The van der Waals surface area contributed by atoms with E-state index in [2.05, 4.69) is 159 Å². The molecular weight excluding hydrogens is 609 g/mol. The monoisotopic (exact) mass is 642 g/mol. The lowest BCUT2D eigenvalue weighted by atomic mass is 9.67. The Kier molecular flexibility index (Phi) is 6.02. The number of pyridine rings is 3. The Morgan fingerprint density at radius 3 is 2.08 bits per heavy atom. The molecule has 0 amide bonds. The normalized spacial score (nSPS) is 13.7. The van der Waals surface area contributed by atoms with Gasteiger partial charge in [0.2, 0.25) is 0 Å². The standard InChI is InChI=1S/C46H34N4/c1-45(2,3)30-23-25-47-40(28-30)29-12-10-13-31(26-29)46(37-16-6-4-14-33(37)34-15-5-7-17-38(34)46)32-21-22-35-36(27-32)44-49-39-18-8-9-19-41(39)50(44)42-20-11-24-48-43(35)42/h4-28H,1-3H3. The van der Waals surface area contributed by atoms with Gasteiger partial charge in [0, 0.05) is 28.7 Å². The largest absolute Gasteiger partial charge is 0.290 e. The first-order valence-corrected chi connectivity index (χ1v) is 17.3. The molecular formula is C46H34N4. The Morgan fingerprint density at radius 2 is 1.28 bits per heavy atom. The highest BCUT2D eigenvalue weighted by Gasteiger charge is 2.46. The van der Waals surface area contributed by atoms with Gasteiger partial charge in [-0.1, -0.05) is 112 Å². The molecule has 4 heteroatoms. The van der Waals surface area contributed by atoms with Crippen LogP contribution in [-0.2, 0) is 10.8 Å². The van der Waals surface area contributed by atoms with Crippen LogP contribution in [0, 0.1) is 0 Å². The van der Waals surface area contributed by atoms with Crippen LogP contribution in [-0.4, -0.2) is 19.4 Å². The predicted octanol–water partition coefficient (Wildman–Crippen LogP) is 10.9. The summed E-state index contributed by atoms with van der Waals surface area (Å²) in [6.45, 7) is 6.76. The highest BCUT2D eigenvalue weighted by Crippen LogP contribution is 2.56. The van der Waals surface area contributed by atoms with Crippen molar-refractivity contribution in [2.75, 3.05) is 0 Å². The van der Waals surface area contributed by atoms with Gasteiger partial charge in [-0.25, -0.2) is 4.98 Å². The van der Waals surface area contributed by atoms with Gasteiger partial charge in [0.1, 0.15) is 5.65 Å². The smallest absolute Gasteiger partial charge is 0.146 e. The highest BCUT2D eigenvalue weighted by atomic mass is 15.0. The average Bonchev–Trinajstić information content (AvgIpc) is 3.70. The summed E-state index contributed by atoms with van der Waals surface area (Å²) in [7, 11) is 0. The quantitative estimate of drug-likeness (QED) is 0.180. The van der Waals surface area contributed by atoms with Gasteiger partial charge in [-0.2, -0.15) is 0 Å². The summed E-state index contributed by atoms with van der Waals surface area (Å²) < 4.78 is 2.28. The van der Waals surface area contributed by atoms with Gasteiger partial charge in [-0.15, -0.1) is 0 Å². The van der Waals surface area contributed by atoms with E-state index in [0.29, 0.717) is 0 Å². The second-order valence-electron chi connectivity index (χ2n) is 14.5. The summed E-state index contributed by atoms with van der Waals surface area (Å²) >= 11 is 0. The van der Waals surface area contributed by atoms with Crippen LogP contribution in [0.5, 0.6) is 0 Å². The van der Waals surface area contributed by atoms with Gasteiger partial charge >= 0.3 is 0 Å². The van der Waals surface area contributed by atoms with Gasteiger partial charge in [-0.05, 0) is 92.9 Å². The first-order chi connectivity index (χ1) is 24.4. The van der Waals surface area contributed by atoms with Crippen LogP contribution in [0.3, 0.4) is 0 Å². The zero-order chi connectivity index (χ0) is 33.6. The molecule has 10 rings (SSSR count). The van der Waals surface area contributed by atoms with Crippen LogP contribution >= 0.6 is 0 Å². The number of imidazole rings is 1. The molecule has 9 aromatic rings. The molecule has 50 heavy (non-hydrogen) atoms. The molecule has 4 nitrogen and oxygen atoms in total. The lowest BCUT2D eigenvalue weighted by Crippen LogP contribution is -2.28. The molecule has 0 spiro atoms. The molecule has 4 heterocycles. The Hall–Kier alpha value is -6.13. The molecule has 238 valence electrons. The van der Waals surface area contributed by atoms with Crippen LogP contribution < -0.4 is 0 Å². The molecule has 4 aromatic heterocycles. The number of fused-ring (bicyclic) bond motifs is 11. The molecule has 1 aliphatic rings. The summed E-state index contributed by atoms with van der Waals surface area (Å²) in [5.41, 5.74) is 15.3. The number of para-hydroxylation sites is 2. The van der Waals surface area contributed by atoms with Crippen molar-refractivity contribution >= 4 is 38.5 Å². The number of benzene rings is 5. The topological polar surface area (TPSA) is 43.1 Å². The zero-order valence-corrected chi connectivity index (χ0v) is 28.2. The lowest BCUT2D eigenvalue weighted by Gasteiger charge is -2.34. The first-order valence-electron chi connectivity index (χ1n) is 17.3. The third kappa shape index (κ3) is 3.96. The van der Waals surface area contributed by atoms with Gasteiger partial charge in [0.15, 0.2) is 0 Å². The maximum atomic E-state index is 5.25. The van der Waals surface area contributed by atoms with Crippen LogP contribution in [0.1, 0.15) is 48.6 Å². The number of hydrogen-bond donors (Lipinski definition) is 0. The maximum Gasteiger partial charge on any atom is 0.146 e. The number of rotatable bonds is 3. The van der Waals surface area contributed by atoms with Gasteiger partial charge in [-0.3, -0.25) is 14.4 Å². The molecule has 0 saturated carbocycles. The highest BCUT2D eigenvalue weighted by molar-refractivity contribution is 6.12. The maximum absolute atomic E-state index is 5.25. The minimum atomic E-state index is -0.582. The molecule has 0 N–H and O–H groups in total. The van der Waals surface area contributed by atoms with Crippen molar-refractivity contribution in [2.45, 2.75) is 31.6 Å².